The van der Waals surface area contributed by atoms with Gasteiger partial charge in [-0.2, -0.15) is 0 Å². The molecule has 2 aromatic rings. The van der Waals surface area contributed by atoms with Crippen LogP contribution in [-0.2, 0) is 4.79 Å². The van der Waals surface area contributed by atoms with Gasteiger partial charge in [0.15, 0.2) is 0 Å². The van der Waals surface area contributed by atoms with E-state index in [4.69, 9.17) is 4.74 Å². The molecule has 1 heterocycles. The summed E-state index contributed by atoms with van der Waals surface area (Å²) in [4.78, 5) is 15.2. The Morgan fingerprint density at radius 1 is 0.955 bits per heavy atom. The van der Waals surface area contributed by atoms with E-state index in [9.17, 15) is 4.79 Å². The first-order valence-electron chi connectivity index (χ1n) is 7.60. The quantitative estimate of drug-likeness (QED) is 0.871. The normalized spacial score (nSPS) is 22.5. The number of methoxy groups -OCH3 is 1. The molecular weight excluding hydrogens is 274 g/mol. The van der Waals surface area contributed by atoms with Gasteiger partial charge >= 0.3 is 0 Å². The lowest BCUT2D eigenvalue weighted by Crippen LogP contribution is -2.42. The first-order valence-corrected chi connectivity index (χ1v) is 7.60. The van der Waals surface area contributed by atoms with Gasteiger partial charge in [0.2, 0.25) is 0 Å². The molecule has 0 saturated carbocycles. The van der Waals surface area contributed by atoms with Crippen LogP contribution >= 0.6 is 0 Å². The summed E-state index contributed by atoms with van der Waals surface area (Å²) in [5.41, 5.74) is 2.14. The lowest BCUT2D eigenvalue weighted by molar-refractivity contribution is -0.124. The maximum atomic E-state index is 13.0. The highest BCUT2D eigenvalue weighted by molar-refractivity contribution is 5.93. The van der Waals surface area contributed by atoms with E-state index < -0.39 is 0 Å². The lowest BCUT2D eigenvalue weighted by Gasteiger charge is -2.35. The second-order valence-corrected chi connectivity index (χ2v) is 5.92. The molecule has 2 atom stereocenters. The lowest BCUT2D eigenvalue weighted by atomic mass is 9.80. The number of rotatable bonds is 3. The van der Waals surface area contributed by atoms with Crippen molar-refractivity contribution in [2.24, 2.45) is 0 Å². The van der Waals surface area contributed by atoms with E-state index in [-0.39, 0.29) is 11.8 Å². The van der Waals surface area contributed by atoms with Gasteiger partial charge in [-0.25, -0.2) is 0 Å². The zero-order valence-corrected chi connectivity index (χ0v) is 13.0. The van der Waals surface area contributed by atoms with Crippen LogP contribution in [0.15, 0.2) is 54.6 Å². The average molecular weight is 295 g/mol. The maximum absolute atomic E-state index is 13.0. The number of likely N-dealkylation sites (N-methyl/N-ethyl adjacent to an activating group) is 1. The number of ether oxygens (including phenoxy) is 1. The van der Waals surface area contributed by atoms with Crippen LogP contribution in [0.4, 0.5) is 0 Å². The van der Waals surface area contributed by atoms with E-state index in [0.29, 0.717) is 5.78 Å². The summed E-state index contributed by atoms with van der Waals surface area (Å²) in [6, 6.07) is 17.9. The number of likely N-dealkylation sites (tertiary alicyclic amines) is 1. The van der Waals surface area contributed by atoms with Crippen molar-refractivity contribution in [3.8, 4) is 5.75 Å². The van der Waals surface area contributed by atoms with E-state index in [1.165, 1.54) is 0 Å². The second-order valence-electron chi connectivity index (χ2n) is 5.92. The molecule has 2 aromatic carbocycles. The molecule has 3 rings (SSSR count). The predicted octanol–water partition coefficient (Wildman–Crippen LogP) is 3.08. The van der Waals surface area contributed by atoms with Crippen LogP contribution in [0, 0.1) is 0 Å². The van der Waals surface area contributed by atoms with Crippen molar-refractivity contribution >= 4 is 5.78 Å². The monoisotopic (exact) mass is 295 g/mol. The number of ketones is 1. The Balaban J connectivity index is 1.93. The minimum atomic E-state index is -0.0981. The van der Waals surface area contributed by atoms with Gasteiger partial charge < -0.3 is 9.64 Å². The number of hydrogen-bond acceptors (Lipinski definition) is 3. The summed E-state index contributed by atoms with van der Waals surface area (Å²) < 4.78 is 5.29. The van der Waals surface area contributed by atoms with Crippen molar-refractivity contribution in [2.45, 2.75) is 11.8 Å². The van der Waals surface area contributed by atoms with E-state index in [1.807, 2.05) is 54.6 Å². The van der Waals surface area contributed by atoms with E-state index in [1.54, 1.807) is 7.11 Å². The number of benzene rings is 2. The average Bonchev–Trinajstić information content (AvgIpc) is 2.57. The molecule has 3 nitrogen and oxygen atoms in total. The second kappa shape index (κ2) is 6.32. The Labute approximate surface area is 131 Å². The molecule has 22 heavy (non-hydrogen) atoms. The SMILES string of the molecule is COc1cccc(C2CN(C)CC(c3ccccc3)C2=O)c1. The molecule has 1 saturated heterocycles. The zero-order chi connectivity index (χ0) is 15.5. The fourth-order valence-electron chi connectivity index (χ4n) is 3.20. The van der Waals surface area contributed by atoms with E-state index in [0.717, 1.165) is 30.0 Å². The van der Waals surface area contributed by atoms with Gasteiger partial charge in [-0.15, -0.1) is 0 Å². The Morgan fingerprint density at radius 3 is 2.27 bits per heavy atom. The Bertz CT molecular complexity index is 653. The molecule has 0 radical (unpaired) electrons. The van der Waals surface area contributed by atoms with Crippen molar-refractivity contribution in [1.82, 2.24) is 4.90 Å². The molecule has 0 N–H and O–H groups in total. The molecule has 114 valence electrons. The largest absolute Gasteiger partial charge is 0.497 e. The van der Waals surface area contributed by atoms with Gasteiger partial charge in [-0.05, 0) is 30.3 Å². The highest BCUT2D eigenvalue weighted by Gasteiger charge is 2.35. The third-order valence-corrected chi connectivity index (χ3v) is 4.37. The zero-order valence-electron chi connectivity index (χ0n) is 13.0. The van der Waals surface area contributed by atoms with Crippen molar-refractivity contribution in [3.63, 3.8) is 0 Å². The number of carbonyl (C=O) groups is 1. The fraction of sp³-hybridized carbons (Fsp3) is 0.316. The smallest absolute Gasteiger partial charge is 0.150 e. The number of hydrogen-bond donors (Lipinski definition) is 0. The predicted molar refractivity (Wildman–Crippen MR) is 87.4 cm³/mol. The highest BCUT2D eigenvalue weighted by Crippen LogP contribution is 2.33. The van der Waals surface area contributed by atoms with Crippen LogP contribution in [0.2, 0.25) is 0 Å². The molecule has 2 unspecified atom stereocenters. The Hall–Kier alpha value is -2.13. The fourth-order valence-corrected chi connectivity index (χ4v) is 3.20. The number of piperidine rings is 1. The van der Waals surface area contributed by atoms with Crippen LogP contribution in [-0.4, -0.2) is 37.9 Å². The summed E-state index contributed by atoms with van der Waals surface area (Å²) in [6.07, 6.45) is 0. The molecule has 1 fully saturated rings. The van der Waals surface area contributed by atoms with Gasteiger partial charge in [0.1, 0.15) is 11.5 Å². The minimum Gasteiger partial charge on any atom is -0.497 e. The molecule has 0 spiro atoms. The van der Waals surface area contributed by atoms with Crippen LogP contribution in [0.5, 0.6) is 5.75 Å². The Kier molecular flexibility index (Phi) is 4.25. The number of nitrogens with zero attached hydrogens (tertiary/aromatic N) is 1. The van der Waals surface area contributed by atoms with Crippen LogP contribution < -0.4 is 4.74 Å². The number of Topliss-reactive ketones (excluding diaryl/α,β-unsaturated/α-hetero) is 1. The van der Waals surface area contributed by atoms with Crippen molar-refractivity contribution in [1.29, 1.82) is 0 Å². The maximum Gasteiger partial charge on any atom is 0.150 e. The molecule has 0 amide bonds. The third-order valence-electron chi connectivity index (χ3n) is 4.37. The van der Waals surface area contributed by atoms with Crippen molar-refractivity contribution in [2.75, 3.05) is 27.2 Å². The summed E-state index contributed by atoms with van der Waals surface area (Å²) in [6.45, 7) is 1.54. The van der Waals surface area contributed by atoms with Crippen molar-refractivity contribution < 1.29 is 9.53 Å². The minimum absolute atomic E-state index is 0.0591. The summed E-state index contributed by atoms with van der Waals surface area (Å²) in [7, 11) is 3.73. The van der Waals surface area contributed by atoms with E-state index >= 15 is 0 Å². The van der Waals surface area contributed by atoms with Crippen LogP contribution in [0.1, 0.15) is 23.0 Å². The van der Waals surface area contributed by atoms with E-state index in [2.05, 4.69) is 11.9 Å². The Morgan fingerprint density at radius 2 is 1.59 bits per heavy atom. The molecule has 3 heteroatoms. The summed E-state index contributed by atoms with van der Waals surface area (Å²) >= 11 is 0. The molecular formula is C19H21NO2. The van der Waals surface area contributed by atoms with Gasteiger partial charge in [0.05, 0.1) is 18.9 Å². The van der Waals surface area contributed by atoms with Crippen LogP contribution in [0.25, 0.3) is 0 Å². The first kappa shape index (κ1) is 14.8. The standard InChI is InChI=1S/C19H21NO2/c1-20-12-17(14-7-4-3-5-8-14)19(21)18(13-20)15-9-6-10-16(11-15)22-2/h3-11,17-18H,12-13H2,1-2H3. The molecule has 0 aromatic heterocycles. The molecule has 1 aliphatic heterocycles. The van der Waals surface area contributed by atoms with Crippen LogP contribution in [0.3, 0.4) is 0 Å². The number of carbonyl (C=O) groups excluding carboxylic acids is 1. The molecule has 1 aliphatic rings. The topological polar surface area (TPSA) is 29.5 Å². The van der Waals surface area contributed by atoms with Gasteiger partial charge in [-0.1, -0.05) is 42.5 Å². The highest BCUT2D eigenvalue weighted by atomic mass is 16.5. The molecule has 0 bridgehead atoms. The third kappa shape index (κ3) is 2.90. The molecule has 0 aliphatic carbocycles. The van der Waals surface area contributed by atoms with Gasteiger partial charge in [-0.3, -0.25) is 4.79 Å². The summed E-state index contributed by atoms with van der Waals surface area (Å²) in [5, 5.41) is 0. The first-order chi connectivity index (χ1) is 10.7. The van der Waals surface area contributed by atoms with Gasteiger partial charge in [0, 0.05) is 13.1 Å². The van der Waals surface area contributed by atoms with Crippen molar-refractivity contribution in [3.05, 3.63) is 65.7 Å². The van der Waals surface area contributed by atoms with Gasteiger partial charge in [0.25, 0.3) is 0 Å². The summed E-state index contributed by atoms with van der Waals surface area (Å²) in [5.74, 6) is 0.947.